The Labute approximate surface area is 240 Å². The molecule has 0 fully saturated rings. The molecule has 0 saturated heterocycles. The standard InChI is InChI=1S/C37H23N3S/c1-2-8-24(9-3-1)26-15-20-34-31(22-26)30-19-18-29-28-10-4-5-11-33(28)40(36(29)37(30)41-34)27-16-13-25(14-17-27)32-23-39-21-7-6-12-35(39)38-32/h1-23H. The number of fused-ring (bicyclic) bond motifs is 8. The predicted molar refractivity (Wildman–Crippen MR) is 173 cm³/mol. The fourth-order valence-electron chi connectivity index (χ4n) is 6.22. The summed E-state index contributed by atoms with van der Waals surface area (Å²) in [6, 6.07) is 45.8. The maximum absolute atomic E-state index is 4.83. The van der Waals surface area contributed by atoms with Gasteiger partial charge in [-0.2, -0.15) is 0 Å². The molecule has 9 aromatic rings. The molecule has 4 heteroatoms. The third kappa shape index (κ3) is 3.41. The number of hydrogen-bond donors (Lipinski definition) is 0. The Morgan fingerprint density at radius 1 is 0.561 bits per heavy atom. The minimum atomic E-state index is 0.955. The number of aromatic nitrogens is 3. The molecule has 0 aliphatic rings. The highest BCUT2D eigenvalue weighted by Gasteiger charge is 2.18. The highest BCUT2D eigenvalue weighted by molar-refractivity contribution is 7.26. The first-order valence-corrected chi connectivity index (χ1v) is 14.6. The maximum Gasteiger partial charge on any atom is 0.137 e. The zero-order valence-electron chi connectivity index (χ0n) is 22.0. The second-order valence-corrected chi connectivity index (χ2v) is 11.6. The third-order valence-electron chi connectivity index (χ3n) is 8.16. The first-order chi connectivity index (χ1) is 20.3. The quantitative estimate of drug-likeness (QED) is 0.218. The molecule has 9 rings (SSSR count). The van der Waals surface area contributed by atoms with E-state index < -0.39 is 0 Å². The van der Waals surface area contributed by atoms with Crippen molar-refractivity contribution in [2.24, 2.45) is 0 Å². The first kappa shape index (κ1) is 22.6. The van der Waals surface area contributed by atoms with Gasteiger partial charge in [0.15, 0.2) is 0 Å². The molecule has 192 valence electrons. The van der Waals surface area contributed by atoms with E-state index in [2.05, 4.69) is 124 Å². The van der Waals surface area contributed by atoms with Crippen LogP contribution in [-0.4, -0.2) is 14.0 Å². The molecular formula is C37H23N3S. The van der Waals surface area contributed by atoms with Gasteiger partial charge < -0.3 is 8.97 Å². The van der Waals surface area contributed by atoms with Crippen LogP contribution in [-0.2, 0) is 0 Å². The molecule has 0 spiro atoms. The van der Waals surface area contributed by atoms with Gasteiger partial charge in [0.1, 0.15) is 5.65 Å². The van der Waals surface area contributed by atoms with Crippen molar-refractivity contribution in [3.05, 3.63) is 140 Å². The minimum absolute atomic E-state index is 0.955. The maximum atomic E-state index is 4.83. The average molecular weight is 542 g/mol. The molecular weight excluding hydrogens is 518 g/mol. The van der Waals surface area contributed by atoms with E-state index in [4.69, 9.17) is 4.98 Å². The first-order valence-electron chi connectivity index (χ1n) is 13.8. The van der Waals surface area contributed by atoms with Crippen molar-refractivity contribution in [1.82, 2.24) is 14.0 Å². The van der Waals surface area contributed by atoms with Crippen LogP contribution >= 0.6 is 11.3 Å². The van der Waals surface area contributed by atoms with Crippen LogP contribution < -0.4 is 0 Å². The second kappa shape index (κ2) is 8.65. The van der Waals surface area contributed by atoms with Crippen molar-refractivity contribution in [3.8, 4) is 28.1 Å². The summed E-state index contributed by atoms with van der Waals surface area (Å²) in [5.41, 5.74) is 9.18. The molecule has 4 heterocycles. The molecule has 0 aliphatic heterocycles. The van der Waals surface area contributed by atoms with Crippen molar-refractivity contribution in [2.75, 3.05) is 0 Å². The lowest BCUT2D eigenvalue weighted by atomic mass is 10.0. The molecule has 0 bridgehead atoms. The van der Waals surface area contributed by atoms with Gasteiger partial charge in [0, 0.05) is 49.9 Å². The minimum Gasteiger partial charge on any atom is -0.308 e. The van der Waals surface area contributed by atoms with Gasteiger partial charge in [-0.05, 0) is 53.6 Å². The summed E-state index contributed by atoms with van der Waals surface area (Å²) in [6.07, 6.45) is 4.13. The van der Waals surface area contributed by atoms with Crippen LogP contribution in [0.4, 0.5) is 0 Å². The average Bonchev–Trinajstić information content (AvgIpc) is 3.73. The van der Waals surface area contributed by atoms with Gasteiger partial charge in [-0.15, -0.1) is 11.3 Å². The van der Waals surface area contributed by atoms with Gasteiger partial charge in [-0.3, -0.25) is 0 Å². The van der Waals surface area contributed by atoms with E-state index in [1.165, 1.54) is 53.1 Å². The zero-order chi connectivity index (χ0) is 26.9. The van der Waals surface area contributed by atoms with E-state index in [9.17, 15) is 0 Å². The topological polar surface area (TPSA) is 22.2 Å². The lowest BCUT2D eigenvalue weighted by molar-refractivity contribution is 1.19. The molecule has 0 unspecified atom stereocenters. The molecule has 41 heavy (non-hydrogen) atoms. The van der Waals surface area contributed by atoms with Gasteiger partial charge in [-0.1, -0.05) is 84.9 Å². The molecule has 0 amide bonds. The summed E-state index contributed by atoms with van der Waals surface area (Å²) >= 11 is 1.89. The second-order valence-electron chi connectivity index (χ2n) is 10.5. The van der Waals surface area contributed by atoms with Crippen molar-refractivity contribution < 1.29 is 0 Å². The number of rotatable bonds is 3. The van der Waals surface area contributed by atoms with Crippen LogP contribution in [0, 0.1) is 0 Å². The van der Waals surface area contributed by atoms with Gasteiger partial charge in [0.2, 0.25) is 0 Å². The van der Waals surface area contributed by atoms with E-state index >= 15 is 0 Å². The summed E-state index contributed by atoms with van der Waals surface area (Å²) in [4.78, 5) is 4.83. The van der Waals surface area contributed by atoms with Gasteiger partial charge in [-0.25, -0.2) is 4.98 Å². The van der Waals surface area contributed by atoms with Gasteiger partial charge in [0.05, 0.1) is 21.4 Å². The molecule has 0 atom stereocenters. The molecule has 0 radical (unpaired) electrons. The summed E-state index contributed by atoms with van der Waals surface area (Å²) < 4.78 is 7.14. The number of pyridine rings is 1. The largest absolute Gasteiger partial charge is 0.308 e. The smallest absolute Gasteiger partial charge is 0.137 e. The third-order valence-corrected chi connectivity index (χ3v) is 9.36. The van der Waals surface area contributed by atoms with Crippen LogP contribution in [0.5, 0.6) is 0 Å². The molecule has 0 aliphatic carbocycles. The van der Waals surface area contributed by atoms with E-state index in [1.807, 2.05) is 35.7 Å². The predicted octanol–water partition coefficient (Wildman–Crippen LogP) is 10.1. The van der Waals surface area contributed by atoms with E-state index in [0.717, 1.165) is 22.6 Å². The van der Waals surface area contributed by atoms with Crippen LogP contribution in [0.15, 0.2) is 140 Å². The lowest BCUT2D eigenvalue weighted by Crippen LogP contribution is -1.94. The molecule has 4 aromatic heterocycles. The highest BCUT2D eigenvalue weighted by Crippen LogP contribution is 2.44. The number of nitrogens with zero attached hydrogens (tertiary/aromatic N) is 3. The number of para-hydroxylation sites is 1. The van der Waals surface area contributed by atoms with Crippen molar-refractivity contribution in [1.29, 1.82) is 0 Å². The molecule has 0 N–H and O–H groups in total. The number of imidazole rings is 1. The van der Waals surface area contributed by atoms with E-state index in [-0.39, 0.29) is 0 Å². The van der Waals surface area contributed by atoms with Crippen molar-refractivity contribution >= 4 is 59.0 Å². The number of hydrogen-bond acceptors (Lipinski definition) is 2. The Bertz CT molecular complexity index is 2370. The number of thiophene rings is 1. The monoisotopic (exact) mass is 541 g/mol. The molecule has 3 nitrogen and oxygen atoms in total. The van der Waals surface area contributed by atoms with Crippen LogP contribution in [0.25, 0.3) is 75.7 Å². The summed E-state index contributed by atoms with van der Waals surface area (Å²) in [6.45, 7) is 0. The summed E-state index contributed by atoms with van der Waals surface area (Å²) in [5, 5.41) is 5.18. The summed E-state index contributed by atoms with van der Waals surface area (Å²) in [5.74, 6) is 0. The van der Waals surface area contributed by atoms with E-state index in [1.54, 1.807) is 0 Å². The SMILES string of the molecule is c1ccc(-c2ccc3sc4c(ccc5c6ccccc6n(-c6ccc(-c7cn8ccccc8n7)cc6)c54)c3c2)cc1. The Kier molecular flexibility index (Phi) is 4.77. The fourth-order valence-corrected chi connectivity index (χ4v) is 7.44. The van der Waals surface area contributed by atoms with Gasteiger partial charge >= 0.3 is 0 Å². The van der Waals surface area contributed by atoms with Crippen molar-refractivity contribution in [2.45, 2.75) is 0 Å². The Morgan fingerprint density at radius 3 is 2.22 bits per heavy atom. The van der Waals surface area contributed by atoms with Crippen LogP contribution in [0.3, 0.4) is 0 Å². The van der Waals surface area contributed by atoms with Crippen LogP contribution in [0.2, 0.25) is 0 Å². The highest BCUT2D eigenvalue weighted by atomic mass is 32.1. The fraction of sp³-hybridized carbons (Fsp3) is 0. The summed E-state index contributed by atoms with van der Waals surface area (Å²) in [7, 11) is 0. The Morgan fingerprint density at radius 2 is 1.34 bits per heavy atom. The van der Waals surface area contributed by atoms with Gasteiger partial charge in [0.25, 0.3) is 0 Å². The molecule has 5 aromatic carbocycles. The Balaban J connectivity index is 1.27. The van der Waals surface area contributed by atoms with Crippen molar-refractivity contribution in [3.63, 3.8) is 0 Å². The lowest BCUT2D eigenvalue weighted by Gasteiger charge is -2.09. The molecule has 0 saturated carbocycles. The number of benzene rings is 5. The zero-order valence-corrected chi connectivity index (χ0v) is 22.8. The van der Waals surface area contributed by atoms with E-state index in [0.29, 0.717) is 0 Å². The normalized spacial score (nSPS) is 11.9. The Hall–Kier alpha value is -5.19. The van der Waals surface area contributed by atoms with Crippen LogP contribution in [0.1, 0.15) is 0 Å².